The van der Waals surface area contributed by atoms with E-state index in [4.69, 9.17) is 16.3 Å². The lowest BCUT2D eigenvalue weighted by Gasteiger charge is -2.15. The van der Waals surface area contributed by atoms with Crippen LogP contribution in [0.15, 0.2) is 40.9 Å². The average molecular weight is 322 g/mol. The monoisotopic (exact) mass is 321 g/mol. The molecule has 2 N–H and O–H groups in total. The van der Waals surface area contributed by atoms with E-state index in [2.05, 4.69) is 27.8 Å². The zero-order valence-electron chi connectivity index (χ0n) is 13.1. The van der Waals surface area contributed by atoms with Crippen molar-refractivity contribution in [1.29, 1.82) is 0 Å². The zero-order valence-corrected chi connectivity index (χ0v) is 13.8. The molecular weight excluding hydrogens is 298 g/mol. The van der Waals surface area contributed by atoms with Gasteiger partial charge in [-0.05, 0) is 37.0 Å². The highest BCUT2D eigenvalue weighted by Gasteiger charge is 2.04. The summed E-state index contributed by atoms with van der Waals surface area (Å²) >= 11 is 5.99. The lowest BCUT2D eigenvalue weighted by molar-refractivity contribution is 0.153. The van der Waals surface area contributed by atoms with Gasteiger partial charge in [0, 0.05) is 25.2 Å². The van der Waals surface area contributed by atoms with E-state index in [1.54, 1.807) is 7.05 Å². The lowest BCUT2D eigenvalue weighted by atomic mass is 10.1. The third-order valence-electron chi connectivity index (χ3n) is 3.61. The van der Waals surface area contributed by atoms with Crippen molar-refractivity contribution in [2.45, 2.75) is 19.3 Å². The lowest BCUT2D eigenvalue weighted by Crippen LogP contribution is -2.38. The molecule has 2 rings (SSSR count). The van der Waals surface area contributed by atoms with Crippen molar-refractivity contribution in [2.24, 2.45) is 4.99 Å². The second-order valence-electron chi connectivity index (χ2n) is 5.24. The summed E-state index contributed by atoms with van der Waals surface area (Å²) in [7, 11) is 1.79. The van der Waals surface area contributed by atoms with E-state index in [1.165, 1.54) is 11.1 Å². The van der Waals surface area contributed by atoms with Gasteiger partial charge in [-0.25, -0.2) is 0 Å². The molecule has 1 heterocycles. The van der Waals surface area contributed by atoms with Crippen molar-refractivity contribution in [3.63, 3.8) is 0 Å². The summed E-state index contributed by atoms with van der Waals surface area (Å²) in [6.07, 6.45) is 5.19. The summed E-state index contributed by atoms with van der Waals surface area (Å²) < 4.78 is 5.31. The van der Waals surface area contributed by atoms with E-state index in [9.17, 15) is 0 Å². The van der Waals surface area contributed by atoms with Crippen molar-refractivity contribution in [2.75, 3.05) is 33.4 Å². The first-order chi connectivity index (χ1) is 10.8. The molecule has 0 saturated carbocycles. The number of nitrogens with zero attached hydrogens (tertiary/aromatic N) is 1. The molecule has 1 aromatic carbocycles. The van der Waals surface area contributed by atoms with Crippen molar-refractivity contribution in [3.8, 4) is 0 Å². The molecule has 120 valence electrons. The number of benzene rings is 1. The number of ether oxygens (including phenoxy) is 1. The zero-order chi connectivity index (χ0) is 15.6. The summed E-state index contributed by atoms with van der Waals surface area (Å²) in [5.41, 5.74) is 2.69. The Bertz CT molecular complexity index is 528. The first-order valence-corrected chi connectivity index (χ1v) is 8.10. The van der Waals surface area contributed by atoms with Crippen LogP contribution in [0.5, 0.6) is 0 Å². The normalized spacial score (nSPS) is 15.4. The molecule has 4 nitrogen and oxygen atoms in total. The summed E-state index contributed by atoms with van der Waals surface area (Å²) in [5, 5.41) is 7.45. The standard InChI is InChI=1S/C17H24ClN3O/c1-19-17(20-9-5-14-7-11-22-12-8-14)21-10-6-15-3-2-4-16(18)13-15/h2-4,7,13H,5-6,8-12H2,1H3,(H2,19,20,21). The van der Waals surface area contributed by atoms with Gasteiger partial charge >= 0.3 is 0 Å². The van der Waals surface area contributed by atoms with Gasteiger partial charge in [0.25, 0.3) is 0 Å². The minimum absolute atomic E-state index is 0.752. The van der Waals surface area contributed by atoms with E-state index < -0.39 is 0 Å². The Hall–Kier alpha value is -1.52. The van der Waals surface area contributed by atoms with Crippen LogP contribution in [0.25, 0.3) is 0 Å². The van der Waals surface area contributed by atoms with Gasteiger partial charge in [0.15, 0.2) is 5.96 Å². The fourth-order valence-electron chi connectivity index (χ4n) is 2.37. The number of aliphatic imine (C=N–C) groups is 1. The number of halogens is 1. The van der Waals surface area contributed by atoms with Gasteiger partial charge in [-0.2, -0.15) is 0 Å². The minimum Gasteiger partial charge on any atom is -0.377 e. The third-order valence-corrected chi connectivity index (χ3v) is 3.85. The van der Waals surface area contributed by atoms with Gasteiger partial charge < -0.3 is 15.4 Å². The predicted molar refractivity (Wildman–Crippen MR) is 92.7 cm³/mol. The highest BCUT2D eigenvalue weighted by atomic mass is 35.5. The first-order valence-electron chi connectivity index (χ1n) is 7.72. The highest BCUT2D eigenvalue weighted by Crippen LogP contribution is 2.11. The van der Waals surface area contributed by atoms with E-state index in [-0.39, 0.29) is 0 Å². The number of guanidine groups is 1. The van der Waals surface area contributed by atoms with E-state index in [0.717, 1.165) is 56.5 Å². The van der Waals surface area contributed by atoms with Crippen LogP contribution in [-0.2, 0) is 11.2 Å². The Morgan fingerprint density at radius 1 is 1.27 bits per heavy atom. The summed E-state index contributed by atoms with van der Waals surface area (Å²) in [6.45, 7) is 3.32. The Labute approximate surface area is 137 Å². The molecule has 5 heteroatoms. The van der Waals surface area contributed by atoms with Gasteiger partial charge in [-0.3, -0.25) is 4.99 Å². The SMILES string of the molecule is CN=C(NCCC1=CCOCC1)NCCc1cccc(Cl)c1. The second kappa shape index (κ2) is 9.49. The maximum absolute atomic E-state index is 5.99. The van der Waals surface area contributed by atoms with Crippen LogP contribution in [0.3, 0.4) is 0 Å². The van der Waals surface area contributed by atoms with Crippen LogP contribution in [0, 0.1) is 0 Å². The Balaban J connectivity index is 1.65. The third kappa shape index (κ3) is 6.08. The minimum atomic E-state index is 0.752. The molecule has 0 bridgehead atoms. The molecule has 1 aliphatic rings. The van der Waals surface area contributed by atoms with Crippen LogP contribution < -0.4 is 10.6 Å². The predicted octanol–water partition coefficient (Wildman–Crippen LogP) is 2.78. The number of hydrogen-bond acceptors (Lipinski definition) is 2. The van der Waals surface area contributed by atoms with Gasteiger partial charge in [-0.15, -0.1) is 0 Å². The number of hydrogen-bond donors (Lipinski definition) is 2. The maximum atomic E-state index is 5.99. The average Bonchev–Trinajstić information content (AvgIpc) is 2.54. The quantitative estimate of drug-likeness (QED) is 0.481. The van der Waals surface area contributed by atoms with Gasteiger partial charge in [-0.1, -0.05) is 35.4 Å². The van der Waals surface area contributed by atoms with Gasteiger partial charge in [0.2, 0.25) is 0 Å². The van der Waals surface area contributed by atoms with Crippen molar-refractivity contribution in [3.05, 3.63) is 46.5 Å². The topological polar surface area (TPSA) is 45.7 Å². The molecule has 0 saturated heterocycles. The Morgan fingerprint density at radius 2 is 2.09 bits per heavy atom. The van der Waals surface area contributed by atoms with E-state index in [0.29, 0.717) is 0 Å². The molecule has 0 atom stereocenters. The molecule has 1 aromatic rings. The fourth-order valence-corrected chi connectivity index (χ4v) is 2.59. The summed E-state index contributed by atoms with van der Waals surface area (Å²) in [4.78, 5) is 4.24. The molecule has 0 amide bonds. The van der Waals surface area contributed by atoms with Crippen LogP contribution >= 0.6 is 11.6 Å². The Kier molecular flexibility index (Phi) is 7.26. The van der Waals surface area contributed by atoms with Crippen molar-refractivity contribution >= 4 is 17.6 Å². The van der Waals surface area contributed by atoms with Crippen LogP contribution in [0.4, 0.5) is 0 Å². The first kappa shape index (κ1) is 16.8. The molecular formula is C17H24ClN3O. The van der Waals surface area contributed by atoms with Crippen molar-refractivity contribution in [1.82, 2.24) is 10.6 Å². The molecule has 0 fully saturated rings. The van der Waals surface area contributed by atoms with Gasteiger partial charge in [0.05, 0.1) is 13.2 Å². The molecule has 0 aliphatic carbocycles. The summed E-state index contributed by atoms with van der Waals surface area (Å²) in [6, 6.07) is 7.95. The molecule has 1 aliphatic heterocycles. The smallest absolute Gasteiger partial charge is 0.190 e. The number of rotatable bonds is 6. The fraction of sp³-hybridized carbons (Fsp3) is 0.471. The summed E-state index contributed by atoms with van der Waals surface area (Å²) in [5.74, 6) is 0.842. The van der Waals surface area contributed by atoms with Crippen LogP contribution in [0.1, 0.15) is 18.4 Å². The van der Waals surface area contributed by atoms with Gasteiger partial charge in [0.1, 0.15) is 0 Å². The van der Waals surface area contributed by atoms with Crippen LogP contribution in [0.2, 0.25) is 5.02 Å². The van der Waals surface area contributed by atoms with E-state index >= 15 is 0 Å². The number of nitrogens with one attached hydrogen (secondary N) is 2. The molecule has 0 spiro atoms. The highest BCUT2D eigenvalue weighted by molar-refractivity contribution is 6.30. The molecule has 0 aromatic heterocycles. The molecule has 0 unspecified atom stereocenters. The van der Waals surface area contributed by atoms with Crippen molar-refractivity contribution < 1.29 is 4.74 Å². The molecule has 22 heavy (non-hydrogen) atoms. The molecule has 0 radical (unpaired) electrons. The maximum Gasteiger partial charge on any atom is 0.190 e. The largest absolute Gasteiger partial charge is 0.377 e. The van der Waals surface area contributed by atoms with E-state index in [1.807, 2.05) is 18.2 Å². The second-order valence-corrected chi connectivity index (χ2v) is 5.68. The van der Waals surface area contributed by atoms with Crippen LogP contribution in [-0.4, -0.2) is 39.3 Å². The Morgan fingerprint density at radius 3 is 2.77 bits per heavy atom.